The van der Waals surface area contributed by atoms with Crippen molar-refractivity contribution in [3.05, 3.63) is 70.8 Å². The molecule has 6 nitrogen and oxygen atoms in total. The summed E-state index contributed by atoms with van der Waals surface area (Å²) >= 11 is 0. The van der Waals surface area contributed by atoms with Gasteiger partial charge in [0.1, 0.15) is 18.1 Å². The van der Waals surface area contributed by atoms with Crippen LogP contribution in [0.2, 0.25) is 0 Å². The van der Waals surface area contributed by atoms with Gasteiger partial charge in [0.15, 0.2) is 6.10 Å². The van der Waals surface area contributed by atoms with E-state index < -0.39 is 0 Å². The zero-order valence-electron chi connectivity index (χ0n) is 18.7. The van der Waals surface area contributed by atoms with Gasteiger partial charge in [-0.1, -0.05) is 53.2 Å². The molecule has 0 bridgehead atoms. The van der Waals surface area contributed by atoms with Crippen molar-refractivity contribution in [2.45, 2.75) is 19.6 Å². The van der Waals surface area contributed by atoms with Crippen molar-refractivity contribution >= 4 is 11.8 Å². The van der Waals surface area contributed by atoms with Crippen LogP contribution in [0.25, 0.3) is 6.08 Å². The summed E-state index contributed by atoms with van der Waals surface area (Å²) in [4.78, 5) is 10.9. The van der Waals surface area contributed by atoms with Gasteiger partial charge in [0.25, 0.3) is 0 Å². The summed E-state index contributed by atoms with van der Waals surface area (Å²) in [5, 5.41) is 4.46. The largest absolute Gasteiger partial charge is 0.492 e. The number of fused-ring (bicyclic) bond motifs is 3. The first-order valence-electron chi connectivity index (χ1n) is 11.6. The summed E-state index contributed by atoms with van der Waals surface area (Å²) in [5.41, 5.74) is 11.6. The van der Waals surface area contributed by atoms with Gasteiger partial charge in [0.2, 0.25) is 0 Å². The molecule has 0 aromatic heterocycles. The van der Waals surface area contributed by atoms with E-state index in [2.05, 4.69) is 64.4 Å². The van der Waals surface area contributed by atoms with Gasteiger partial charge in [-0.3, -0.25) is 9.80 Å². The molecule has 2 aromatic rings. The Labute approximate surface area is 190 Å². The minimum atomic E-state index is 0.0543. The zero-order valence-corrected chi connectivity index (χ0v) is 18.7. The summed E-state index contributed by atoms with van der Waals surface area (Å²) in [7, 11) is 0. The lowest BCUT2D eigenvalue weighted by atomic mass is 9.89. The number of oxime groups is 1. The quantitative estimate of drug-likeness (QED) is 0.760. The second-order valence-electron chi connectivity index (χ2n) is 9.05. The second-order valence-corrected chi connectivity index (χ2v) is 9.05. The summed E-state index contributed by atoms with van der Waals surface area (Å²) < 4.78 is 6.06. The molecule has 1 saturated heterocycles. The number of rotatable bonds is 6. The van der Waals surface area contributed by atoms with Crippen LogP contribution in [-0.4, -0.2) is 67.5 Å². The van der Waals surface area contributed by atoms with Gasteiger partial charge in [-0.15, -0.1) is 0 Å². The molecular weight excluding hydrogens is 400 g/mol. The SMILES string of the molecule is C/C(=C\c1ccccc1)CN1CCN(CC2ON=C3c4ccc(CN)cc4OCC32)CC1. The van der Waals surface area contributed by atoms with Gasteiger partial charge in [-0.2, -0.15) is 0 Å². The van der Waals surface area contributed by atoms with Gasteiger partial charge < -0.3 is 15.3 Å². The van der Waals surface area contributed by atoms with E-state index in [4.69, 9.17) is 15.3 Å². The standard InChI is InChI=1S/C26H32N4O2/c1-19(13-20-5-3-2-4-6-20)16-29-9-11-30(12-10-29)17-25-23-18-31-24-14-21(15-27)7-8-22(24)26(23)28-32-25/h2-8,13-14,23,25H,9-12,15-18,27H2,1H3/b19-13+. The Morgan fingerprint density at radius 2 is 1.88 bits per heavy atom. The minimum absolute atomic E-state index is 0.0543. The molecule has 0 amide bonds. The van der Waals surface area contributed by atoms with Crippen molar-refractivity contribution in [3.63, 3.8) is 0 Å². The normalized spacial score (nSPS) is 23.7. The Morgan fingerprint density at radius 1 is 1.09 bits per heavy atom. The lowest BCUT2D eigenvalue weighted by Gasteiger charge is -2.36. The van der Waals surface area contributed by atoms with Crippen LogP contribution in [0.1, 0.15) is 23.6 Å². The van der Waals surface area contributed by atoms with E-state index in [9.17, 15) is 0 Å². The maximum Gasteiger partial charge on any atom is 0.151 e. The van der Waals surface area contributed by atoms with Crippen LogP contribution in [-0.2, 0) is 11.4 Å². The molecule has 168 valence electrons. The summed E-state index contributed by atoms with van der Waals surface area (Å²) in [6, 6.07) is 16.7. The highest BCUT2D eigenvalue weighted by Gasteiger charge is 2.40. The van der Waals surface area contributed by atoms with Crippen molar-refractivity contribution in [2.75, 3.05) is 45.9 Å². The first-order valence-corrected chi connectivity index (χ1v) is 11.6. The molecule has 5 rings (SSSR count). The predicted molar refractivity (Wildman–Crippen MR) is 128 cm³/mol. The number of benzene rings is 2. The van der Waals surface area contributed by atoms with Crippen molar-refractivity contribution in [2.24, 2.45) is 16.8 Å². The third-order valence-corrected chi connectivity index (χ3v) is 6.65. The van der Waals surface area contributed by atoms with Crippen molar-refractivity contribution in [1.82, 2.24) is 9.80 Å². The average molecular weight is 433 g/mol. The van der Waals surface area contributed by atoms with E-state index in [1.807, 2.05) is 12.1 Å². The maximum absolute atomic E-state index is 6.06. The maximum atomic E-state index is 6.06. The molecule has 2 N–H and O–H groups in total. The van der Waals surface area contributed by atoms with Gasteiger partial charge in [0.05, 0.1) is 5.92 Å². The monoisotopic (exact) mass is 432 g/mol. The number of piperazine rings is 1. The third kappa shape index (κ3) is 4.58. The topological polar surface area (TPSA) is 63.3 Å². The molecule has 3 aliphatic rings. The van der Waals surface area contributed by atoms with Crippen LogP contribution in [0.5, 0.6) is 5.75 Å². The fourth-order valence-electron chi connectivity index (χ4n) is 4.86. The molecular formula is C26H32N4O2. The Hall–Kier alpha value is -2.67. The second kappa shape index (κ2) is 9.45. The molecule has 0 radical (unpaired) electrons. The number of ether oxygens (including phenoxy) is 1. The Bertz CT molecular complexity index is 996. The van der Waals surface area contributed by atoms with E-state index in [1.165, 1.54) is 11.1 Å². The smallest absolute Gasteiger partial charge is 0.151 e. The highest BCUT2D eigenvalue weighted by Crippen LogP contribution is 2.34. The molecule has 0 spiro atoms. The number of hydrogen-bond donors (Lipinski definition) is 1. The van der Waals surface area contributed by atoms with Crippen molar-refractivity contribution in [1.29, 1.82) is 0 Å². The first kappa shape index (κ1) is 21.2. The Morgan fingerprint density at radius 3 is 2.66 bits per heavy atom. The van der Waals surface area contributed by atoms with E-state index in [0.29, 0.717) is 13.2 Å². The van der Waals surface area contributed by atoms with Crippen LogP contribution < -0.4 is 10.5 Å². The first-order chi connectivity index (χ1) is 15.7. The summed E-state index contributed by atoms with van der Waals surface area (Å²) in [6.45, 7) is 9.53. The van der Waals surface area contributed by atoms with E-state index in [1.54, 1.807) is 0 Å². The van der Waals surface area contributed by atoms with Gasteiger partial charge in [0, 0.05) is 51.4 Å². The average Bonchev–Trinajstić information content (AvgIpc) is 3.23. The van der Waals surface area contributed by atoms with Gasteiger partial charge in [-0.05, 0) is 30.2 Å². The van der Waals surface area contributed by atoms with E-state index in [0.717, 1.165) is 61.9 Å². The number of nitrogens with two attached hydrogens (primary N) is 1. The van der Waals surface area contributed by atoms with Gasteiger partial charge >= 0.3 is 0 Å². The highest BCUT2D eigenvalue weighted by atomic mass is 16.6. The number of hydrogen-bond acceptors (Lipinski definition) is 6. The van der Waals surface area contributed by atoms with E-state index >= 15 is 0 Å². The fraction of sp³-hybridized carbons (Fsp3) is 0.423. The Kier molecular flexibility index (Phi) is 6.26. The van der Waals surface area contributed by atoms with Crippen molar-refractivity contribution < 1.29 is 9.57 Å². The molecule has 2 unspecified atom stereocenters. The van der Waals surface area contributed by atoms with Crippen LogP contribution in [0, 0.1) is 5.92 Å². The molecule has 2 aromatic carbocycles. The summed E-state index contributed by atoms with van der Waals surface area (Å²) in [5.74, 6) is 1.07. The summed E-state index contributed by atoms with van der Waals surface area (Å²) in [6.07, 6.45) is 2.34. The van der Waals surface area contributed by atoms with Gasteiger partial charge in [-0.25, -0.2) is 0 Å². The lowest BCUT2D eigenvalue weighted by Crippen LogP contribution is -2.50. The van der Waals surface area contributed by atoms with Crippen LogP contribution >= 0.6 is 0 Å². The van der Waals surface area contributed by atoms with Crippen LogP contribution in [0.4, 0.5) is 0 Å². The lowest BCUT2D eigenvalue weighted by molar-refractivity contribution is 0.0101. The van der Waals surface area contributed by atoms with Crippen molar-refractivity contribution in [3.8, 4) is 5.75 Å². The molecule has 2 atom stereocenters. The molecule has 32 heavy (non-hydrogen) atoms. The molecule has 3 aliphatic heterocycles. The van der Waals surface area contributed by atoms with Crippen LogP contribution in [0.3, 0.4) is 0 Å². The van der Waals surface area contributed by atoms with E-state index in [-0.39, 0.29) is 12.0 Å². The fourth-order valence-corrected chi connectivity index (χ4v) is 4.86. The highest BCUT2D eigenvalue weighted by molar-refractivity contribution is 6.06. The molecule has 6 heteroatoms. The molecule has 0 aliphatic carbocycles. The molecule has 0 saturated carbocycles. The van der Waals surface area contributed by atoms with Crippen LogP contribution in [0.15, 0.2) is 59.3 Å². The number of nitrogens with zero attached hydrogens (tertiary/aromatic N) is 3. The predicted octanol–water partition coefficient (Wildman–Crippen LogP) is 2.98. The zero-order chi connectivity index (χ0) is 21.9. The molecule has 1 fully saturated rings. The Balaban J connectivity index is 1.13. The minimum Gasteiger partial charge on any atom is -0.492 e. The molecule has 3 heterocycles. The third-order valence-electron chi connectivity index (χ3n) is 6.65.